The van der Waals surface area contributed by atoms with Crippen LogP contribution in [0.5, 0.6) is 5.75 Å². The van der Waals surface area contributed by atoms with Gasteiger partial charge in [0, 0.05) is 42.4 Å². The Kier molecular flexibility index (Phi) is 6.20. The minimum absolute atomic E-state index is 0.311. The van der Waals surface area contributed by atoms with E-state index in [1.54, 1.807) is 19.2 Å². The highest BCUT2D eigenvalue weighted by Crippen LogP contribution is 2.38. The Morgan fingerprint density at radius 1 is 1.12 bits per heavy atom. The summed E-state index contributed by atoms with van der Waals surface area (Å²) in [6.07, 6.45) is 2.73. The Labute approximate surface area is 204 Å². The molecule has 2 aromatic carbocycles. The molecule has 1 aromatic heterocycles. The fourth-order valence-corrected chi connectivity index (χ4v) is 7.44. The number of benzene rings is 2. The Hall–Kier alpha value is -2.00. The SMILES string of the molecule is COc1ccc(NS(=O)(=O)c2sc3ccc(Cl)cc3c2C)cc1N1CCN(CC2CC2)CC1. The van der Waals surface area contributed by atoms with Crippen LogP contribution in [0.15, 0.2) is 40.6 Å². The molecule has 0 radical (unpaired) electrons. The van der Waals surface area contributed by atoms with E-state index in [0.717, 1.165) is 53.6 Å². The van der Waals surface area contributed by atoms with Gasteiger partial charge in [0.05, 0.1) is 18.5 Å². The second kappa shape index (κ2) is 8.98. The summed E-state index contributed by atoms with van der Waals surface area (Å²) in [5, 5.41) is 1.46. The molecule has 6 nitrogen and oxygen atoms in total. The number of halogens is 1. The van der Waals surface area contributed by atoms with Crippen LogP contribution in [0.2, 0.25) is 5.02 Å². The highest BCUT2D eigenvalue weighted by atomic mass is 35.5. The first kappa shape index (κ1) is 22.8. The monoisotopic (exact) mass is 505 g/mol. The quantitative estimate of drug-likeness (QED) is 0.478. The van der Waals surface area contributed by atoms with Gasteiger partial charge in [-0.3, -0.25) is 9.62 Å². The molecule has 176 valence electrons. The lowest BCUT2D eigenvalue weighted by atomic mass is 10.2. The standard InChI is InChI=1S/C24H28ClN3O3S2/c1-16-20-13-18(25)5-8-23(20)32-24(16)33(29,30)26-19-6-7-22(31-2)21(14-19)28-11-9-27(10-12-28)15-17-3-4-17/h5-8,13-14,17,26H,3-4,9-12,15H2,1-2H3. The summed E-state index contributed by atoms with van der Waals surface area (Å²) in [5.41, 5.74) is 2.16. The molecule has 1 saturated heterocycles. The molecule has 0 unspecified atom stereocenters. The van der Waals surface area contributed by atoms with Crippen LogP contribution in [0.25, 0.3) is 10.1 Å². The van der Waals surface area contributed by atoms with Gasteiger partial charge in [-0.15, -0.1) is 11.3 Å². The highest BCUT2D eigenvalue weighted by Gasteiger charge is 2.28. The molecule has 33 heavy (non-hydrogen) atoms. The van der Waals surface area contributed by atoms with Crippen LogP contribution in [0.1, 0.15) is 18.4 Å². The summed E-state index contributed by atoms with van der Waals surface area (Å²) in [5.74, 6) is 1.64. The third kappa shape index (κ3) is 4.80. The van der Waals surface area contributed by atoms with Crippen molar-refractivity contribution in [2.45, 2.75) is 24.0 Å². The molecule has 1 aliphatic carbocycles. The predicted octanol–water partition coefficient (Wildman–Crippen LogP) is 5.20. The van der Waals surface area contributed by atoms with Crippen LogP contribution in [0.4, 0.5) is 11.4 Å². The first-order chi connectivity index (χ1) is 15.8. The van der Waals surface area contributed by atoms with Gasteiger partial charge in [-0.2, -0.15) is 0 Å². The fraction of sp³-hybridized carbons (Fsp3) is 0.417. The molecule has 0 atom stereocenters. The fourth-order valence-electron chi connectivity index (χ4n) is 4.47. The van der Waals surface area contributed by atoms with Crippen LogP contribution in [0, 0.1) is 12.8 Å². The molecule has 2 aliphatic rings. The Balaban J connectivity index is 1.38. The number of rotatable bonds is 7. The lowest BCUT2D eigenvalue weighted by Crippen LogP contribution is -2.47. The van der Waals surface area contributed by atoms with Gasteiger partial charge in [-0.25, -0.2) is 8.42 Å². The predicted molar refractivity (Wildman–Crippen MR) is 137 cm³/mol. The van der Waals surface area contributed by atoms with E-state index in [9.17, 15) is 8.42 Å². The van der Waals surface area contributed by atoms with Gasteiger partial charge in [0.1, 0.15) is 9.96 Å². The molecule has 9 heteroatoms. The first-order valence-electron chi connectivity index (χ1n) is 11.2. The summed E-state index contributed by atoms with van der Waals surface area (Å²) < 4.78 is 36.2. The Morgan fingerprint density at radius 3 is 2.58 bits per heavy atom. The number of methoxy groups -OCH3 is 1. The number of nitrogens with zero attached hydrogens (tertiary/aromatic N) is 2. The van der Waals surface area contributed by atoms with Crippen LogP contribution >= 0.6 is 22.9 Å². The minimum atomic E-state index is -3.74. The molecule has 0 bridgehead atoms. The van der Waals surface area contributed by atoms with Crippen LogP contribution in [-0.2, 0) is 10.0 Å². The molecule has 1 saturated carbocycles. The zero-order valence-electron chi connectivity index (χ0n) is 18.8. The number of sulfonamides is 1. The molecule has 2 fully saturated rings. The summed E-state index contributed by atoms with van der Waals surface area (Å²) in [6, 6.07) is 10.9. The van der Waals surface area contributed by atoms with E-state index in [2.05, 4.69) is 14.5 Å². The number of hydrogen-bond donors (Lipinski definition) is 1. The van der Waals surface area contributed by atoms with Crippen molar-refractivity contribution >= 4 is 54.4 Å². The van der Waals surface area contributed by atoms with E-state index in [1.165, 1.54) is 30.7 Å². The average molecular weight is 506 g/mol. The zero-order valence-corrected chi connectivity index (χ0v) is 21.2. The molecular formula is C24H28ClN3O3S2. The maximum absolute atomic E-state index is 13.3. The average Bonchev–Trinajstić information content (AvgIpc) is 3.55. The van der Waals surface area contributed by atoms with E-state index in [1.807, 2.05) is 31.2 Å². The van der Waals surface area contributed by atoms with Gasteiger partial charge >= 0.3 is 0 Å². The number of hydrogen-bond acceptors (Lipinski definition) is 6. The Bertz CT molecular complexity index is 1280. The molecule has 1 aliphatic heterocycles. The first-order valence-corrected chi connectivity index (χ1v) is 13.9. The van der Waals surface area contributed by atoms with Gasteiger partial charge in [0.25, 0.3) is 10.0 Å². The maximum Gasteiger partial charge on any atom is 0.271 e. The van der Waals surface area contributed by atoms with E-state index < -0.39 is 10.0 Å². The Morgan fingerprint density at radius 2 is 1.88 bits per heavy atom. The van der Waals surface area contributed by atoms with Crippen molar-refractivity contribution in [2.24, 2.45) is 5.92 Å². The van der Waals surface area contributed by atoms with Crippen LogP contribution in [-0.4, -0.2) is 53.2 Å². The molecule has 0 spiro atoms. The van der Waals surface area contributed by atoms with E-state index >= 15 is 0 Å². The molecule has 0 amide bonds. The smallest absolute Gasteiger partial charge is 0.271 e. The van der Waals surface area contributed by atoms with Gasteiger partial charge in [0.2, 0.25) is 0 Å². The summed E-state index contributed by atoms with van der Waals surface area (Å²) in [7, 11) is -2.09. The number of anilines is 2. The third-order valence-electron chi connectivity index (χ3n) is 6.46. The number of ether oxygens (including phenoxy) is 1. The van der Waals surface area contributed by atoms with Gasteiger partial charge in [-0.1, -0.05) is 11.6 Å². The molecule has 2 heterocycles. The lowest BCUT2D eigenvalue weighted by Gasteiger charge is -2.36. The summed E-state index contributed by atoms with van der Waals surface area (Å²) in [6.45, 7) is 6.85. The summed E-state index contributed by atoms with van der Waals surface area (Å²) >= 11 is 7.38. The molecule has 5 rings (SSSR count). The normalized spacial score (nSPS) is 17.5. The number of fused-ring (bicyclic) bond motifs is 1. The molecular weight excluding hydrogens is 478 g/mol. The number of piperazine rings is 1. The van der Waals surface area contributed by atoms with Gasteiger partial charge < -0.3 is 9.64 Å². The van der Waals surface area contributed by atoms with Crippen molar-refractivity contribution in [3.05, 3.63) is 47.0 Å². The van der Waals surface area contributed by atoms with E-state index in [4.69, 9.17) is 16.3 Å². The van der Waals surface area contributed by atoms with E-state index in [-0.39, 0.29) is 0 Å². The summed E-state index contributed by atoms with van der Waals surface area (Å²) in [4.78, 5) is 4.82. The highest BCUT2D eigenvalue weighted by molar-refractivity contribution is 7.94. The number of nitrogens with one attached hydrogen (secondary N) is 1. The molecule has 3 aromatic rings. The van der Waals surface area contributed by atoms with Crippen molar-refractivity contribution in [3.8, 4) is 5.75 Å². The van der Waals surface area contributed by atoms with Crippen LogP contribution < -0.4 is 14.4 Å². The van der Waals surface area contributed by atoms with Crippen molar-refractivity contribution in [1.82, 2.24) is 4.90 Å². The van der Waals surface area contributed by atoms with Gasteiger partial charge in [-0.05, 0) is 73.0 Å². The number of aryl methyl sites for hydroxylation is 1. The van der Waals surface area contributed by atoms with Crippen molar-refractivity contribution in [2.75, 3.05) is 49.5 Å². The van der Waals surface area contributed by atoms with Crippen molar-refractivity contribution < 1.29 is 13.2 Å². The third-order valence-corrected chi connectivity index (χ3v) is 9.97. The zero-order chi connectivity index (χ0) is 23.2. The molecule has 1 N–H and O–H groups in total. The minimum Gasteiger partial charge on any atom is -0.495 e. The van der Waals surface area contributed by atoms with Crippen molar-refractivity contribution in [3.63, 3.8) is 0 Å². The second-order valence-corrected chi connectivity index (χ2v) is 12.2. The second-order valence-electron chi connectivity index (χ2n) is 8.88. The lowest BCUT2D eigenvalue weighted by molar-refractivity contribution is 0.247. The van der Waals surface area contributed by atoms with Crippen molar-refractivity contribution in [1.29, 1.82) is 0 Å². The van der Waals surface area contributed by atoms with E-state index in [0.29, 0.717) is 20.5 Å². The van der Waals surface area contributed by atoms with Crippen LogP contribution in [0.3, 0.4) is 0 Å². The van der Waals surface area contributed by atoms with Gasteiger partial charge in [0.15, 0.2) is 0 Å². The largest absolute Gasteiger partial charge is 0.495 e. The maximum atomic E-state index is 13.3. The topological polar surface area (TPSA) is 61.9 Å². The number of thiophene rings is 1.